The van der Waals surface area contributed by atoms with Gasteiger partial charge in [-0.3, -0.25) is 14.5 Å². The number of hydrogen-bond donors (Lipinski definition) is 1. The summed E-state index contributed by atoms with van der Waals surface area (Å²) in [5.41, 5.74) is 4.51. The van der Waals surface area contributed by atoms with Crippen molar-refractivity contribution in [1.82, 2.24) is 0 Å². The smallest absolute Gasteiger partial charge is 0.357 e. The van der Waals surface area contributed by atoms with E-state index < -0.39 is 17.8 Å². The third-order valence-corrected chi connectivity index (χ3v) is 8.45. The Morgan fingerprint density at radius 2 is 1.44 bits per heavy atom. The second-order valence-corrected chi connectivity index (χ2v) is 12.4. The molecule has 1 N–H and O–H groups in total. The van der Waals surface area contributed by atoms with Gasteiger partial charge < -0.3 is 5.32 Å². The van der Waals surface area contributed by atoms with Crippen molar-refractivity contribution in [3.05, 3.63) is 106 Å². The lowest BCUT2D eigenvalue weighted by molar-refractivity contribution is -0.137. The van der Waals surface area contributed by atoms with Crippen LogP contribution in [0.25, 0.3) is 0 Å². The van der Waals surface area contributed by atoms with Gasteiger partial charge in [-0.2, -0.15) is 13.2 Å². The highest BCUT2D eigenvalue weighted by Crippen LogP contribution is 2.49. The summed E-state index contributed by atoms with van der Waals surface area (Å²) in [6, 6.07) is 19.9. The van der Waals surface area contributed by atoms with Gasteiger partial charge in [0, 0.05) is 23.6 Å². The van der Waals surface area contributed by atoms with Gasteiger partial charge in [0.25, 0.3) is 0 Å². The lowest BCUT2D eigenvalue weighted by Crippen LogP contribution is -2.39. The number of benzene rings is 3. The minimum absolute atomic E-state index is 0.00953. The van der Waals surface area contributed by atoms with Gasteiger partial charge in [0.1, 0.15) is 0 Å². The Morgan fingerprint density at radius 1 is 0.829 bits per heavy atom. The molecule has 1 heterocycles. The van der Waals surface area contributed by atoms with E-state index in [1.165, 1.54) is 17.7 Å². The summed E-state index contributed by atoms with van der Waals surface area (Å²) in [4.78, 5) is 29.6. The Balaban J connectivity index is 1.48. The minimum Gasteiger partial charge on any atom is -0.357 e. The molecule has 0 saturated heterocycles. The van der Waals surface area contributed by atoms with Crippen LogP contribution in [0.1, 0.15) is 80.7 Å². The predicted octanol–water partition coefficient (Wildman–Crippen LogP) is 8.31. The van der Waals surface area contributed by atoms with Crippen molar-refractivity contribution >= 4 is 23.1 Å². The normalized spacial score (nSPS) is 21.1. The van der Waals surface area contributed by atoms with E-state index in [-0.39, 0.29) is 35.4 Å². The van der Waals surface area contributed by atoms with E-state index in [9.17, 15) is 22.8 Å². The molecule has 41 heavy (non-hydrogen) atoms. The fourth-order valence-corrected chi connectivity index (χ4v) is 6.02. The maximum absolute atomic E-state index is 14.1. The molecule has 3 aromatic carbocycles. The van der Waals surface area contributed by atoms with Crippen LogP contribution in [0.4, 0.5) is 24.5 Å². The Hall–Kier alpha value is -3.87. The highest BCUT2D eigenvalue weighted by atomic mass is 19.4. The van der Waals surface area contributed by atoms with Crippen molar-refractivity contribution in [3.63, 3.8) is 0 Å². The number of anilines is 2. The number of para-hydroxylation sites is 2. The number of hydrogen-bond acceptors (Lipinski definition) is 3. The number of allylic oxidation sites excluding steroid dienone is 1. The molecule has 3 aliphatic rings. The lowest BCUT2D eigenvalue weighted by atomic mass is 9.77. The number of amides is 1. The first-order chi connectivity index (χ1) is 19.4. The summed E-state index contributed by atoms with van der Waals surface area (Å²) < 4.78 is 40.3. The van der Waals surface area contributed by atoms with Crippen LogP contribution in [-0.2, 0) is 21.2 Å². The molecule has 1 fully saturated rings. The zero-order chi connectivity index (χ0) is 29.1. The molecular weight excluding hydrogens is 525 g/mol. The molecule has 1 saturated carbocycles. The lowest BCUT2D eigenvalue weighted by Gasteiger charge is -2.35. The van der Waals surface area contributed by atoms with Crippen molar-refractivity contribution in [2.45, 2.75) is 70.0 Å². The number of ketones is 1. The summed E-state index contributed by atoms with van der Waals surface area (Å²) in [5, 5.41) is 3.49. The average molecular weight is 559 g/mol. The number of carbonyl (C=O) groups is 2. The first-order valence-corrected chi connectivity index (χ1v) is 14.1. The fourth-order valence-electron chi connectivity index (χ4n) is 6.02. The number of rotatable bonds is 3. The van der Waals surface area contributed by atoms with Crippen molar-refractivity contribution < 1.29 is 22.8 Å². The van der Waals surface area contributed by atoms with E-state index in [1.54, 1.807) is 4.90 Å². The summed E-state index contributed by atoms with van der Waals surface area (Å²) in [6.07, 6.45) is -2.16. The molecule has 1 amide bonds. The monoisotopic (exact) mass is 558 g/mol. The van der Waals surface area contributed by atoms with Crippen LogP contribution >= 0.6 is 0 Å². The van der Waals surface area contributed by atoms with Crippen molar-refractivity contribution in [3.8, 4) is 0 Å². The molecule has 7 heteroatoms. The quantitative estimate of drug-likeness (QED) is 0.352. The maximum atomic E-state index is 14.1. The van der Waals surface area contributed by atoms with E-state index in [2.05, 4.69) is 50.4 Å². The highest BCUT2D eigenvalue weighted by Gasteiger charge is 2.45. The standard InChI is InChI=1S/C34H33F3N2O2/c1-33(2,3)24-14-10-20(11-15-24)23-18-27-30(29(40)19-23)31(21-12-16-25(17-13-21)34(35,36)37)39(32(41)22-8-9-22)28-7-5-4-6-26(28)38-27/h4-7,10-17,22-23,31,38H,8-9,18-19H2,1-3H3/t23-,31-/m0/s1. The molecule has 1 aliphatic heterocycles. The van der Waals surface area contributed by atoms with Gasteiger partial charge in [0.15, 0.2) is 5.78 Å². The topological polar surface area (TPSA) is 49.4 Å². The number of alkyl halides is 3. The molecule has 3 aromatic rings. The van der Waals surface area contributed by atoms with E-state index in [1.807, 2.05) is 24.3 Å². The molecular formula is C34H33F3N2O2. The van der Waals surface area contributed by atoms with Gasteiger partial charge in [-0.25, -0.2) is 0 Å². The first kappa shape index (κ1) is 27.3. The Labute approximate surface area is 238 Å². The molecule has 6 rings (SSSR count). The predicted molar refractivity (Wildman–Crippen MR) is 154 cm³/mol. The van der Waals surface area contributed by atoms with Crippen molar-refractivity contribution in [2.75, 3.05) is 10.2 Å². The molecule has 0 bridgehead atoms. The number of fused-ring (bicyclic) bond motifs is 1. The zero-order valence-corrected chi connectivity index (χ0v) is 23.4. The van der Waals surface area contributed by atoms with Crippen LogP contribution in [0.3, 0.4) is 0 Å². The molecule has 0 spiro atoms. The summed E-state index contributed by atoms with van der Waals surface area (Å²) in [7, 11) is 0. The third-order valence-electron chi connectivity index (χ3n) is 8.45. The first-order valence-electron chi connectivity index (χ1n) is 14.1. The molecule has 4 nitrogen and oxygen atoms in total. The maximum Gasteiger partial charge on any atom is 0.416 e. The van der Waals surface area contributed by atoms with Crippen LogP contribution in [0, 0.1) is 5.92 Å². The zero-order valence-electron chi connectivity index (χ0n) is 23.4. The van der Waals surface area contributed by atoms with Gasteiger partial charge in [-0.05, 0) is 71.6 Å². The van der Waals surface area contributed by atoms with Crippen LogP contribution in [0.15, 0.2) is 84.1 Å². The largest absolute Gasteiger partial charge is 0.416 e. The van der Waals surface area contributed by atoms with Crippen LogP contribution in [0.5, 0.6) is 0 Å². The van der Waals surface area contributed by atoms with Gasteiger partial charge in [-0.15, -0.1) is 0 Å². The highest BCUT2D eigenvalue weighted by molar-refractivity contribution is 6.07. The summed E-state index contributed by atoms with van der Waals surface area (Å²) >= 11 is 0. The third kappa shape index (κ3) is 5.18. The van der Waals surface area contributed by atoms with Crippen LogP contribution < -0.4 is 10.2 Å². The summed E-state index contributed by atoms with van der Waals surface area (Å²) in [5.74, 6) is -0.427. The number of nitrogens with zero attached hydrogens (tertiary/aromatic N) is 1. The number of halogens is 3. The number of nitrogens with one attached hydrogen (secondary N) is 1. The Bertz CT molecular complexity index is 1530. The van der Waals surface area contributed by atoms with Crippen molar-refractivity contribution in [2.24, 2.45) is 5.92 Å². The van der Waals surface area contributed by atoms with Crippen LogP contribution in [0.2, 0.25) is 0 Å². The SMILES string of the molecule is CC(C)(C)c1ccc([C@@H]2CC(=O)C3=C(C2)Nc2ccccc2N(C(=O)C2CC2)[C@H]3c2ccc(C(F)(F)F)cc2)cc1. The second-order valence-electron chi connectivity index (χ2n) is 12.4. The van der Waals surface area contributed by atoms with Gasteiger partial charge >= 0.3 is 6.18 Å². The summed E-state index contributed by atoms with van der Waals surface area (Å²) in [6.45, 7) is 6.48. The van der Waals surface area contributed by atoms with E-state index in [4.69, 9.17) is 0 Å². The van der Waals surface area contributed by atoms with Gasteiger partial charge in [0.05, 0.1) is 23.0 Å². The van der Waals surface area contributed by atoms with E-state index >= 15 is 0 Å². The number of Topliss-reactive ketones (excluding diaryl/α,β-unsaturated/α-hetero) is 1. The number of carbonyl (C=O) groups excluding carboxylic acids is 2. The molecule has 0 unspecified atom stereocenters. The molecule has 212 valence electrons. The van der Waals surface area contributed by atoms with E-state index in [0.29, 0.717) is 28.9 Å². The molecule has 2 atom stereocenters. The van der Waals surface area contributed by atoms with Crippen LogP contribution in [-0.4, -0.2) is 11.7 Å². The minimum atomic E-state index is -4.49. The average Bonchev–Trinajstić information content (AvgIpc) is 3.78. The van der Waals surface area contributed by atoms with Gasteiger partial charge in [-0.1, -0.05) is 69.3 Å². The molecule has 2 aliphatic carbocycles. The molecule has 0 aromatic heterocycles. The second kappa shape index (κ2) is 9.89. The fraction of sp³-hybridized carbons (Fsp3) is 0.353. The Morgan fingerprint density at radius 3 is 2.05 bits per heavy atom. The molecule has 0 radical (unpaired) electrons. The van der Waals surface area contributed by atoms with Gasteiger partial charge in [0.2, 0.25) is 5.91 Å². The van der Waals surface area contributed by atoms with E-state index in [0.717, 1.165) is 36.2 Å². The van der Waals surface area contributed by atoms with Crippen molar-refractivity contribution in [1.29, 1.82) is 0 Å². The Kier molecular flexibility index (Phi) is 6.59.